The summed E-state index contributed by atoms with van der Waals surface area (Å²) in [6, 6.07) is 8.13. The highest BCUT2D eigenvalue weighted by Gasteiger charge is 2.22. The van der Waals surface area contributed by atoms with E-state index in [9.17, 15) is 19.7 Å². The van der Waals surface area contributed by atoms with E-state index in [0.717, 1.165) is 5.69 Å². The predicted octanol–water partition coefficient (Wildman–Crippen LogP) is 4.11. The fourth-order valence-corrected chi connectivity index (χ4v) is 3.86. The molecule has 3 aromatic rings. The summed E-state index contributed by atoms with van der Waals surface area (Å²) in [6.45, 7) is 5.93. The Hall–Kier alpha value is -3.47. The van der Waals surface area contributed by atoms with E-state index < -0.39 is 16.9 Å². The number of carbonyl (C=O) groups excluding carboxylic acids is 2. The average molecular weight is 519 g/mol. The highest BCUT2D eigenvalue weighted by molar-refractivity contribution is 9.10. The standard InChI is InChI=1S/C22H23BrN4O6/c1-4-32-21(28)17-10-19(22(29)33-5-2)25(13-17)12-16-7-6-15(9-18(16)27(30)31)11-26-14(3)8-20(23)24-26/h6-10,13H,4-5,11-12H2,1-3H3. The Balaban J connectivity index is 1.96. The first-order valence-corrected chi connectivity index (χ1v) is 11.0. The van der Waals surface area contributed by atoms with Crippen LogP contribution < -0.4 is 0 Å². The second-order valence-electron chi connectivity index (χ2n) is 7.17. The number of nitro groups is 1. The van der Waals surface area contributed by atoms with Gasteiger partial charge in [0.25, 0.3) is 5.69 Å². The van der Waals surface area contributed by atoms with E-state index in [1.807, 2.05) is 13.0 Å². The molecular formula is C22H23BrN4O6. The molecule has 10 nitrogen and oxygen atoms in total. The molecule has 0 radical (unpaired) electrons. The van der Waals surface area contributed by atoms with E-state index in [4.69, 9.17) is 9.47 Å². The minimum absolute atomic E-state index is 0.00348. The molecule has 0 amide bonds. The van der Waals surface area contributed by atoms with Crippen LogP contribution in [-0.4, -0.2) is 44.4 Å². The predicted molar refractivity (Wildman–Crippen MR) is 122 cm³/mol. The monoisotopic (exact) mass is 518 g/mol. The van der Waals surface area contributed by atoms with Crippen molar-refractivity contribution in [3.63, 3.8) is 0 Å². The zero-order chi connectivity index (χ0) is 24.1. The van der Waals surface area contributed by atoms with Gasteiger partial charge in [0.15, 0.2) is 0 Å². The van der Waals surface area contributed by atoms with Crippen LogP contribution in [0.1, 0.15) is 51.5 Å². The number of aryl methyl sites for hydroxylation is 1. The molecule has 0 saturated carbocycles. The SMILES string of the molecule is CCOC(=O)c1cc(C(=O)OCC)n(Cc2ccc(Cn3nc(Br)cc3C)cc2[N+](=O)[O-])c1. The maximum atomic E-state index is 12.4. The van der Waals surface area contributed by atoms with E-state index in [1.54, 1.807) is 30.7 Å². The Morgan fingerprint density at radius 1 is 1.09 bits per heavy atom. The molecule has 0 unspecified atom stereocenters. The first kappa shape index (κ1) is 24.2. The van der Waals surface area contributed by atoms with Crippen molar-refractivity contribution < 1.29 is 24.0 Å². The van der Waals surface area contributed by atoms with Crippen molar-refractivity contribution in [1.82, 2.24) is 14.3 Å². The number of ether oxygens (including phenoxy) is 2. The van der Waals surface area contributed by atoms with Gasteiger partial charge in [0.2, 0.25) is 0 Å². The van der Waals surface area contributed by atoms with Crippen molar-refractivity contribution in [2.24, 2.45) is 0 Å². The first-order valence-electron chi connectivity index (χ1n) is 10.2. The number of hydrogen-bond donors (Lipinski definition) is 0. The van der Waals surface area contributed by atoms with Gasteiger partial charge in [-0.15, -0.1) is 0 Å². The van der Waals surface area contributed by atoms with E-state index in [0.29, 0.717) is 22.3 Å². The van der Waals surface area contributed by atoms with Crippen LogP contribution in [0.4, 0.5) is 5.69 Å². The molecule has 0 atom stereocenters. The van der Waals surface area contributed by atoms with Gasteiger partial charge in [-0.2, -0.15) is 5.10 Å². The molecule has 0 bridgehead atoms. The summed E-state index contributed by atoms with van der Waals surface area (Å²) in [5.41, 5.74) is 2.16. The van der Waals surface area contributed by atoms with Crippen LogP contribution in [0.5, 0.6) is 0 Å². The number of halogens is 1. The number of benzene rings is 1. The summed E-state index contributed by atoms with van der Waals surface area (Å²) in [6.07, 6.45) is 1.44. The highest BCUT2D eigenvalue weighted by atomic mass is 79.9. The number of esters is 2. The van der Waals surface area contributed by atoms with E-state index in [2.05, 4.69) is 21.0 Å². The number of hydrogen-bond acceptors (Lipinski definition) is 7. The van der Waals surface area contributed by atoms with Crippen molar-refractivity contribution in [2.45, 2.75) is 33.9 Å². The van der Waals surface area contributed by atoms with E-state index in [1.165, 1.54) is 22.9 Å². The highest BCUT2D eigenvalue weighted by Crippen LogP contribution is 2.24. The summed E-state index contributed by atoms with van der Waals surface area (Å²) < 4.78 is 14.0. The van der Waals surface area contributed by atoms with Crippen LogP contribution in [-0.2, 0) is 22.6 Å². The van der Waals surface area contributed by atoms with E-state index >= 15 is 0 Å². The van der Waals surface area contributed by atoms with Gasteiger partial charge in [-0.25, -0.2) is 9.59 Å². The van der Waals surface area contributed by atoms with Gasteiger partial charge in [0.05, 0.1) is 36.8 Å². The summed E-state index contributed by atoms with van der Waals surface area (Å²) in [7, 11) is 0. The average Bonchev–Trinajstić information content (AvgIpc) is 3.32. The lowest BCUT2D eigenvalue weighted by Crippen LogP contribution is -2.13. The second kappa shape index (κ2) is 10.4. The van der Waals surface area contributed by atoms with Crippen LogP contribution in [0.3, 0.4) is 0 Å². The lowest BCUT2D eigenvalue weighted by molar-refractivity contribution is -0.385. The molecule has 0 aliphatic heterocycles. The molecule has 2 heterocycles. The number of aromatic nitrogens is 3. The van der Waals surface area contributed by atoms with Gasteiger partial charge < -0.3 is 14.0 Å². The Morgan fingerprint density at radius 2 is 1.79 bits per heavy atom. The molecule has 0 fully saturated rings. The fraction of sp³-hybridized carbons (Fsp3) is 0.318. The van der Waals surface area contributed by atoms with Crippen LogP contribution in [0.25, 0.3) is 0 Å². The topological polar surface area (TPSA) is 118 Å². The van der Waals surface area contributed by atoms with Crippen LogP contribution in [0.2, 0.25) is 0 Å². The summed E-state index contributed by atoms with van der Waals surface area (Å²) in [5, 5.41) is 16.1. The Bertz CT molecular complexity index is 1200. The molecule has 2 aromatic heterocycles. The smallest absolute Gasteiger partial charge is 0.354 e. The molecule has 0 spiro atoms. The lowest BCUT2D eigenvalue weighted by Gasteiger charge is -2.11. The second-order valence-corrected chi connectivity index (χ2v) is 7.98. The van der Waals surface area contributed by atoms with E-state index in [-0.39, 0.29) is 36.7 Å². The summed E-state index contributed by atoms with van der Waals surface area (Å²) in [4.78, 5) is 35.9. The largest absolute Gasteiger partial charge is 0.462 e. The Labute approximate surface area is 198 Å². The Morgan fingerprint density at radius 3 is 2.39 bits per heavy atom. The van der Waals surface area contributed by atoms with Gasteiger partial charge >= 0.3 is 11.9 Å². The molecule has 33 heavy (non-hydrogen) atoms. The van der Waals surface area contributed by atoms with Crippen LogP contribution in [0.15, 0.2) is 41.1 Å². The normalized spacial score (nSPS) is 10.8. The third-order valence-electron chi connectivity index (χ3n) is 4.86. The van der Waals surface area contributed by atoms with Gasteiger partial charge in [0.1, 0.15) is 10.3 Å². The minimum Gasteiger partial charge on any atom is -0.462 e. The number of nitro benzene ring substituents is 1. The van der Waals surface area contributed by atoms with Gasteiger partial charge in [-0.05, 0) is 54.4 Å². The van der Waals surface area contributed by atoms with Crippen molar-refractivity contribution in [2.75, 3.05) is 13.2 Å². The number of rotatable bonds is 9. The molecule has 0 saturated heterocycles. The summed E-state index contributed by atoms with van der Waals surface area (Å²) >= 11 is 3.32. The molecule has 1 aromatic carbocycles. The molecule has 0 aliphatic rings. The maximum Gasteiger partial charge on any atom is 0.354 e. The van der Waals surface area contributed by atoms with Crippen LogP contribution in [0, 0.1) is 17.0 Å². The third-order valence-corrected chi connectivity index (χ3v) is 5.25. The lowest BCUT2D eigenvalue weighted by atomic mass is 10.1. The van der Waals surface area contributed by atoms with Crippen molar-refractivity contribution >= 4 is 33.6 Å². The zero-order valence-corrected chi connectivity index (χ0v) is 20.0. The van der Waals surface area contributed by atoms with Gasteiger partial charge in [0, 0.05) is 23.5 Å². The van der Waals surface area contributed by atoms with Gasteiger partial charge in [-0.3, -0.25) is 14.8 Å². The zero-order valence-electron chi connectivity index (χ0n) is 18.4. The minimum atomic E-state index is -0.632. The van der Waals surface area contributed by atoms with Crippen molar-refractivity contribution in [3.05, 3.63) is 79.3 Å². The van der Waals surface area contributed by atoms with Gasteiger partial charge in [-0.1, -0.05) is 12.1 Å². The maximum absolute atomic E-state index is 12.4. The quantitative estimate of drug-likeness (QED) is 0.237. The first-order chi connectivity index (χ1) is 15.7. The molecule has 11 heteroatoms. The molecule has 3 rings (SSSR count). The Kier molecular flexibility index (Phi) is 7.64. The number of nitrogens with zero attached hydrogens (tertiary/aromatic N) is 4. The van der Waals surface area contributed by atoms with Crippen molar-refractivity contribution in [3.8, 4) is 0 Å². The molecule has 0 aliphatic carbocycles. The van der Waals surface area contributed by atoms with Crippen LogP contribution >= 0.6 is 15.9 Å². The molecule has 174 valence electrons. The molecular weight excluding hydrogens is 496 g/mol. The third kappa shape index (κ3) is 5.67. The summed E-state index contributed by atoms with van der Waals surface area (Å²) in [5.74, 6) is -1.22. The van der Waals surface area contributed by atoms with Crippen molar-refractivity contribution in [1.29, 1.82) is 0 Å². The molecule has 0 N–H and O–H groups in total. The number of carbonyl (C=O) groups is 2. The fourth-order valence-electron chi connectivity index (χ4n) is 3.34.